The topological polar surface area (TPSA) is 284 Å². The molecule has 0 saturated carbocycles. The van der Waals surface area contributed by atoms with Gasteiger partial charge in [0.15, 0.2) is 0 Å². The van der Waals surface area contributed by atoms with Crippen LogP contribution in [0, 0.1) is 0 Å². The molecule has 0 aliphatic carbocycles. The van der Waals surface area contributed by atoms with E-state index in [0.717, 1.165) is 0 Å². The Labute approximate surface area is 550 Å². The van der Waals surface area contributed by atoms with Gasteiger partial charge in [-0.1, -0.05) is 52.6 Å². The summed E-state index contributed by atoms with van der Waals surface area (Å²) in [6.07, 6.45) is 1.64. The van der Waals surface area contributed by atoms with Crippen molar-refractivity contribution in [2.45, 2.75) is 178 Å². The second-order valence-corrected chi connectivity index (χ2v) is 55.7. The molecule has 6 saturated heterocycles. The van der Waals surface area contributed by atoms with E-state index < -0.39 is 116 Å². The number of carbonyl (C=O) groups excluding carboxylic acids is 8. The van der Waals surface area contributed by atoms with Crippen LogP contribution in [0.1, 0.15) is 107 Å². The van der Waals surface area contributed by atoms with E-state index in [1.807, 2.05) is 0 Å². The van der Waals surface area contributed by atoms with Gasteiger partial charge < -0.3 is 70.8 Å². The Hall–Kier alpha value is -4.90. The molecule has 24 nitrogen and oxygen atoms in total. The van der Waals surface area contributed by atoms with E-state index in [0.29, 0.717) is 0 Å². The van der Waals surface area contributed by atoms with Crippen molar-refractivity contribution in [1.29, 1.82) is 0 Å². The first kappa shape index (κ1) is 77.8. The molecule has 0 aromatic heterocycles. The molecule has 6 aliphatic heterocycles. The minimum absolute atomic E-state index is 0.0637. The van der Waals surface area contributed by atoms with E-state index in [4.69, 9.17) is 70.8 Å². The molecule has 0 amide bonds. The largest absolute Gasteiger partial charge is 0.462 e. The van der Waals surface area contributed by atoms with Gasteiger partial charge in [-0.15, -0.1) is 0 Å². The molecule has 6 aliphatic rings. The van der Waals surface area contributed by atoms with Crippen molar-refractivity contribution < 1.29 is 109 Å². The lowest BCUT2D eigenvalue weighted by molar-refractivity contribution is -0.139. The third kappa shape index (κ3) is 22.6. The van der Waals surface area contributed by atoms with Crippen molar-refractivity contribution in [1.82, 2.24) is 0 Å². The first-order valence-electron chi connectivity index (χ1n) is 31.3. The molecule has 92 heavy (non-hydrogen) atoms. The summed E-state index contributed by atoms with van der Waals surface area (Å²) < 4.78 is 113. The summed E-state index contributed by atoms with van der Waals surface area (Å²) >= 11 is 0. The van der Waals surface area contributed by atoms with Crippen LogP contribution in [0.15, 0.2) is 97.2 Å². The summed E-state index contributed by atoms with van der Waals surface area (Å²) in [5.74, 6) is -4.82. The third-order valence-electron chi connectivity index (χ3n) is 15.4. The minimum atomic E-state index is -4.15. The fourth-order valence-corrected chi connectivity index (χ4v) is 83.5. The van der Waals surface area contributed by atoms with Gasteiger partial charge in [-0.3, -0.25) is 0 Å². The summed E-state index contributed by atoms with van der Waals surface area (Å²) in [5, 5.41) is 0. The zero-order chi connectivity index (χ0) is 68.4. The summed E-state index contributed by atoms with van der Waals surface area (Å²) in [6.45, 7) is 42.1. The number of hydrogen-bond donors (Lipinski definition) is 0. The predicted octanol–water partition coefficient (Wildman–Crippen LogP) is 9.96. The quantitative estimate of drug-likeness (QED) is 0.0181. The highest BCUT2D eigenvalue weighted by Gasteiger charge is 2.78. The first-order chi connectivity index (χ1) is 43.1. The van der Waals surface area contributed by atoms with Gasteiger partial charge in [-0.2, -0.15) is 0 Å². The van der Waals surface area contributed by atoms with Gasteiger partial charge in [0.2, 0.25) is 0 Å². The number of rotatable bonds is 40. The van der Waals surface area contributed by atoms with Gasteiger partial charge in [0.25, 0.3) is 0 Å². The van der Waals surface area contributed by atoms with Crippen LogP contribution in [0.5, 0.6) is 0 Å². The number of hydrogen-bond acceptors (Lipinski definition) is 24. The van der Waals surface area contributed by atoms with Gasteiger partial charge in [0, 0.05) is 67.3 Å². The van der Waals surface area contributed by atoms with Crippen molar-refractivity contribution in [2.75, 3.05) is 52.9 Å². The van der Waals surface area contributed by atoms with Crippen LogP contribution in [0.4, 0.5) is 0 Å². The van der Waals surface area contributed by atoms with Crippen molar-refractivity contribution in [3.63, 3.8) is 0 Å². The monoisotopic (exact) mass is 1420 g/mol. The number of carbonyl (C=O) groups is 8. The molecule has 6 rings (SSSR count). The average Bonchev–Trinajstić information content (AvgIpc) is 0.689. The van der Waals surface area contributed by atoms with Crippen LogP contribution in [-0.4, -0.2) is 169 Å². The summed E-state index contributed by atoms with van der Waals surface area (Å²) in [7, 11) is -33.2. The molecule has 6 heterocycles. The van der Waals surface area contributed by atoms with Gasteiger partial charge in [0.05, 0.1) is 52.9 Å². The van der Waals surface area contributed by atoms with E-state index in [2.05, 4.69) is 52.6 Å². The van der Waals surface area contributed by atoms with Gasteiger partial charge in [-0.25, -0.2) is 38.4 Å². The highest BCUT2D eigenvalue weighted by molar-refractivity contribution is 7.13. The Balaban J connectivity index is 1.96. The normalized spacial score (nSPS) is 27.4. The molecule has 0 aromatic rings. The Morgan fingerprint density at radius 2 is 0.326 bits per heavy atom. The van der Waals surface area contributed by atoms with E-state index in [9.17, 15) is 38.4 Å². The Kier molecular flexibility index (Phi) is 28.9. The SMILES string of the molecule is C=C(C)C(=O)OCCC[Si]12C[Si]3(CCCOC(=O)C(=C)C)O[Si]4(CCCOC(=O)C(=C)C)C[Si]5(CCCOC(=O)C(=C)C)O[Si](CCCOC(=O)C(=C)C)(C[Si](CCCOC(=O)C(=C)C)(O1)O4)O[Si](CCCOC(=O)C(=C)C)(C[Si](CCCOC(=O)C(=C)C)(O3)O5)O2. The van der Waals surface area contributed by atoms with Crippen molar-refractivity contribution in [2.24, 2.45) is 0 Å². The van der Waals surface area contributed by atoms with Crippen molar-refractivity contribution in [3.8, 4) is 0 Å². The van der Waals surface area contributed by atoms with Gasteiger partial charge in [-0.05, 0) is 155 Å². The molecule has 0 radical (unpaired) electrons. The van der Waals surface area contributed by atoms with E-state index in [1.165, 1.54) is 0 Å². The average molecular weight is 1430 g/mol. The maximum absolute atomic E-state index is 13.1. The second-order valence-electron chi connectivity index (χ2n) is 25.0. The number of ether oxygens (including phenoxy) is 8. The molecule has 0 unspecified atom stereocenters. The lowest BCUT2D eigenvalue weighted by Crippen LogP contribution is -2.85. The third-order valence-corrected chi connectivity index (χ3v) is 65.4. The molecule has 8 bridgehead atoms. The lowest BCUT2D eigenvalue weighted by Gasteiger charge is -2.66. The van der Waals surface area contributed by atoms with E-state index in [-0.39, 0.29) is 220 Å². The van der Waals surface area contributed by atoms with Crippen LogP contribution >= 0.6 is 0 Å². The smallest absolute Gasteiger partial charge is 0.333 e. The standard InChI is InChI=1S/C60H96O24Si8/c1-45(2)53(61)69-25-17-33-85-41-86(34-18-26-70-54(62)46(3)4)78-89(37-21-29-73-57(65)49(9)10)42-87(77-85,35-19-27-71-55(63)47(5)6)83-90(38-22-30-74-58(66)50(11)12)43-88(81-85,36-20-28-72-56(64)48(7)8)79-91(82-86,39-23-31-75-59(67)51(13)14)44-92(80-90,84-89)40-24-32-76-60(68)52(15)16/h1,3,5,7,9,11,13,15,17-44H2,2,4,6,8,10,12,14,16H3. The van der Waals surface area contributed by atoms with E-state index in [1.54, 1.807) is 55.4 Å². The second kappa shape index (κ2) is 34.2. The summed E-state index contributed by atoms with van der Waals surface area (Å²) in [6, 6.07) is 1.33. The Morgan fingerprint density at radius 1 is 0.228 bits per heavy atom. The fraction of sp³-hybridized carbons (Fsp3) is 0.600. The molecule has 6 fully saturated rings. The molecule has 0 atom stereocenters. The van der Waals surface area contributed by atoms with Gasteiger partial charge in [0.1, 0.15) is 0 Å². The maximum atomic E-state index is 13.1. The molecule has 512 valence electrons. The zero-order valence-electron chi connectivity index (χ0n) is 55.3. The first-order valence-corrected chi connectivity index (χ1v) is 49.2. The van der Waals surface area contributed by atoms with Crippen LogP contribution < -0.4 is 0 Å². The Morgan fingerprint density at radius 3 is 0.413 bits per heavy atom. The van der Waals surface area contributed by atoms with Crippen LogP contribution in [-0.2, 0) is 109 Å². The number of esters is 8. The van der Waals surface area contributed by atoms with Crippen LogP contribution in [0.25, 0.3) is 0 Å². The zero-order valence-corrected chi connectivity index (χ0v) is 63.3. The predicted molar refractivity (Wildman–Crippen MR) is 356 cm³/mol. The molecular weight excluding hydrogens is 1330 g/mol. The molecular formula is C60H96O24Si8. The molecule has 32 heteroatoms. The van der Waals surface area contributed by atoms with Gasteiger partial charge >= 0.3 is 116 Å². The summed E-state index contributed by atoms with van der Waals surface area (Å²) in [4.78, 5) is 105. The van der Waals surface area contributed by atoms with Crippen LogP contribution in [0.3, 0.4) is 0 Å². The molecule has 0 N–H and O–H groups in total. The highest BCUT2D eigenvalue weighted by Crippen LogP contribution is 2.59. The molecule has 0 aromatic carbocycles. The van der Waals surface area contributed by atoms with E-state index >= 15 is 0 Å². The highest BCUT2D eigenvalue weighted by atomic mass is 28.6. The lowest BCUT2D eigenvalue weighted by atomic mass is 10.4. The van der Waals surface area contributed by atoms with Crippen molar-refractivity contribution >= 4 is 116 Å². The minimum Gasteiger partial charge on any atom is -0.462 e. The summed E-state index contributed by atoms with van der Waals surface area (Å²) in [5.41, 5.74) is 1.79. The van der Waals surface area contributed by atoms with Crippen molar-refractivity contribution in [3.05, 3.63) is 97.2 Å². The molecule has 0 spiro atoms. The maximum Gasteiger partial charge on any atom is 0.333 e. The Bertz CT molecular complexity index is 2240. The fourth-order valence-electron chi connectivity index (χ4n) is 11.7. The van der Waals surface area contributed by atoms with Crippen LogP contribution in [0.2, 0.25) is 71.0 Å².